The fourth-order valence-corrected chi connectivity index (χ4v) is 3.47. The summed E-state index contributed by atoms with van der Waals surface area (Å²) in [6.07, 6.45) is 1.40. The number of ether oxygens (including phenoxy) is 2. The topological polar surface area (TPSA) is 84.0 Å². The zero-order valence-corrected chi connectivity index (χ0v) is 21.3. The van der Waals surface area contributed by atoms with Gasteiger partial charge in [0.25, 0.3) is 0 Å². The van der Waals surface area contributed by atoms with Gasteiger partial charge in [-0.3, -0.25) is 4.99 Å². The number of hydrogen-bond donors (Lipinski definition) is 3. The molecule has 0 unspecified atom stereocenters. The monoisotopic (exact) mass is 552 g/mol. The number of rotatable bonds is 6. The number of amides is 1. The van der Waals surface area contributed by atoms with Crippen LogP contribution in [-0.2, 0) is 14.9 Å². The molecule has 1 saturated heterocycles. The molecule has 0 bridgehead atoms. The maximum Gasteiger partial charge on any atom is 0.407 e. The SMILES string of the molecule is CN=C(NCCNC(=O)OC(C)(C)C)NCC1(c2cccc(Cl)c2)CCOCC1.I. The van der Waals surface area contributed by atoms with Gasteiger partial charge in [-0.25, -0.2) is 4.79 Å². The molecule has 9 heteroatoms. The highest BCUT2D eigenvalue weighted by molar-refractivity contribution is 14.0. The van der Waals surface area contributed by atoms with Crippen molar-refractivity contribution in [2.45, 2.75) is 44.6 Å². The first-order valence-corrected chi connectivity index (χ1v) is 10.4. The summed E-state index contributed by atoms with van der Waals surface area (Å²) in [4.78, 5) is 16.0. The van der Waals surface area contributed by atoms with E-state index in [0.717, 1.165) is 37.6 Å². The number of nitrogens with one attached hydrogen (secondary N) is 3. The Labute approximate surface area is 201 Å². The summed E-state index contributed by atoms with van der Waals surface area (Å²) < 4.78 is 10.8. The Morgan fingerprint density at radius 1 is 1.20 bits per heavy atom. The standard InChI is InChI=1S/C21H33ClN4O3.HI/c1-20(2,3)29-19(27)25-11-10-24-18(23-4)26-15-21(8-12-28-13-9-21)16-6-5-7-17(22)14-16;/h5-7,14H,8-13,15H2,1-4H3,(H,25,27)(H2,23,24,26);1H. The second-order valence-corrected chi connectivity index (χ2v) is 8.62. The predicted octanol–water partition coefficient (Wildman–Crippen LogP) is 3.70. The Morgan fingerprint density at radius 2 is 1.87 bits per heavy atom. The fraction of sp³-hybridized carbons (Fsp3) is 0.619. The zero-order valence-electron chi connectivity index (χ0n) is 18.2. The number of nitrogens with zero attached hydrogens (tertiary/aromatic N) is 1. The quantitative estimate of drug-likeness (QED) is 0.217. The van der Waals surface area contributed by atoms with E-state index < -0.39 is 11.7 Å². The minimum Gasteiger partial charge on any atom is -0.444 e. The van der Waals surface area contributed by atoms with Gasteiger partial charge >= 0.3 is 6.09 Å². The van der Waals surface area contributed by atoms with Gasteiger partial charge in [-0.05, 0) is 51.3 Å². The van der Waals surface area contributed by atoms with Crippen LogP contribution in [0.15, 0.2) is 29.3 Å². The van der Waals surface area contributed by atoms with Crippen LogP contribution < -0.4 is 16.0 Å². The highest BCUT2D eigenvalue weighted by Gasteiger charge is 2.34. The van der Waals surface area contributed by atoms with E-state index in [0.29, 0.717) is 19.0 Å². The number of halogens is 2. The molecule has 0 radical (unpaired) electrons. The summed E-state index contributed by atoms with van der Waals surface area (Å²) in [6.45, 7) is 8.64. The van der Waals surface area contributed by atoms with Gasteiger partial charge in [0.1, 0.15) is 5.60 Å². The summed E-state index contributed by atoms with van der Waals surface area (Å²) >= 11 is 6.23. The first-order valence-electron chi connectivity index (χ1n) is 9.99. The molecular formula is C21H34ClIN4O3. The maximum atomic E-state index is 11.7. The van der Waals surface area contributed by atoms with Crippen LogP contribution in [-0.4, -0.2) is 57.5 Å². The molecule has 170 valence electrons. The van der Waals surface area contributed by atoms with E-state index in [1.807, 2.05) is 39.0 Å². The number of alkyl carbamates (subject to hydrolysis) is 1. The second kappa shape index (κ2) is 12.6. The first-order chi connectivity index (χ1) is 13.7. The lowest BCUT2D eigenvalue weighted by Gasteiger charge is -2.38. The van der Waals surface area contributed by atoms with Crippen molar-refractivity contribution in [1.29, 1.82) is 0 Å². The number of hydrogen-bond acceptors (Lipinski definition) is 4. The second-order valence-electron chi connectivity index (χ2n) is 8.18. The van der Waals surface area contributed by atoms with Crippen LogP contribution in [0.3, 0.4) is 0 Å². The third-order valence-corrected chi connectivity index (χ3v) is 5.03. The van der Waals surface area contributed by atoms with Crippen molar-refractivity contribution in [3.63, 3.8) is 0 Å². The van der Waals surface area contributed by atoms with Crippen molar-refractivity contribution >= 4 is 47.6 Å². The van der Waals surface area contributed by atoms with Crippen LogP contribution >= 0.6 is 35.6 Å². The summed E-state index contributed by atoms with van der Waals surface area (Å²) in [5.74, 6) is 0.684. The number of carbonyl (C=O) groups excluding carboxylic acids is 1. The van der Waals surface area contributed by atoms with Gasteiger partial charge in [-0.15, -0.1) is 24.0 Å². The van der Waals surface area contributed by atoms with Gasteiger partial charge in [-0.2, -0.15) is 0 Å². The fourth-order valence-electron chi connectivity index (χ4n) is 3.28. The van der Waals surface area contributed by atoms with E-state index in [1.54, 1.807) is 7.05 Å². The van der Waals surface area contributed by atoms with E-state index >= 15 is 0 Å². The van der Waals surface area contributed by atoms with Gasteiger partial charge in [0.2, 0.25) is 0 Å². The van der Waals surface area contributed by atoms with E-state index in [1.165, 1.54) is 5.56 Å². The molecule has 3 N–H and O–H groups in total. The molecule has 7 nitrogen and oxygen atoms in total. The molecule has 0 atom stereocenters. The third-order valence-electron chi connectivity index (χ3n) is 4.79. The third kappa shape index (κ3) is 8.85. The molecule has 2 rings (SSSR count). The van der Waals surface area contributed by atoms with Gasteiger partial charge in [0, 0.05) is 50.3 Å². The molecule has 0 spiro atoms. The average Bonchev–Trinajstić information content (AvgIpc) is 2.67. The maximum absolute atomic E-state index is 11.7. The summed E-state index contributed by atoms with van der Waals surface area (Å²) in [5, 5.41) is 10.1. The minimum absolute atomic E-state index is 0. The minimum atomic E-state index is -0.506. The molecule has 1 amide bonds. The summed E-state index contributed by atoms with van der Waals surface area (Å²) in [5.41, 5.74) is 0.645. The van der Waals surface area contributed by atoms with Crippen molar-refractivity contribution in [1.82, 2.24) is 16.0 Å². The lowest BCUT2D eigenvalue weighted by atomic mass is 9.74. The lowest BCUT2D eigenvalue weighted by Crippen LogP contribution is -2.49. The predicted molar refractivity (Wildman–Crippen MR) is 132 cm³/mol. The van der Waals surface area contributed by atoms with Crippen LogP contribution in [0, 0.1) is 0 Å². The van der Waals surface area contributed by atoms with Gasteiger partial charge < -0.3 is 25.4 Å². The molecular weight excluding hydrogens is 519 g/mol. The summed E-state index contributed by atoms with van der Waals surface area (Å²) in [6, 6.07) is 8.04. The zero-order chi connectivity index (χ0) is 21.3. The van der Waals surface area contributed by atoms with Crippen molar-refractivity contribution in [2.24, 2.45) is 4.99 Å². The van der Waals surface area contributed by atoms with Crippen LogP contribution in [0.4, 0.5) is 4.79 Å². The number of guanidine groups is 1. The van der Waals surface area contributed by atoms with Gasteiger partial charge in [0.15, 0.2) is 5.96 Å². The van der Waals surface area contributed by atoms with Crippen molar-refractivity contribution in [3.05, 3.63) is 34.9 Å². The summed E-state index contributed by atoms with van der Waals surface area (Å²) in [7, 11) is 1.73. The lowest BCUT2D eigenvalue weighted by molar-refractivity contribution is 0.0514. The average molecular weight is 553 g/mol. The largest absolute Gasteiger partial charge is 0.444 e. The molecule has 0 aliphatic carbocycles. The molecule has 30 heavy (non-hydrogen) atoms. The normalized spacial score (nSPS) is 16.2. The van der Waals surface area contributed by atoms with Crippen LogP contribution in [0.25, 0.3) is 0 Å². The van der Waals surface area contributed by atoms with Crippen LogP contribution in [0.1, 0.15) is 39.2 Å². The number of aliphatic imine (C=N–C) groups is 1. The highest BCUT2D eigenvalue weighted by atomic mass is 127. The first kappa shape index (κ1) is 26.8. The molecule has 1 aliphatic heterocycles. The van der Waals surface area contributed by atoms with Gasteiger partial charge in [0.05, 0.1) is 0 Å². The Balaban J connectivity index is 0.00000450. The van der Waals surface area contributed by atoms with Crippen molar-refractivity contribution < 1.29 is 14.3 Å². The van der Waals surface area contributed by atoms with E-state index in [2.05, 4.69) is 27.0 Å². The molecule has 1 fully saturated rings. The smallest absolute Gasteiger partial charge is 0.407 e. The molecule has 0 aromatic heterocycles. The Kier molecular flexibility index (Phi) is 11.2. The van der Waals surface area contributed by atoms with Crippen LogP contribution in [0.5, 0.6) is 0 Å². The van der Waals surface area contributed by atoms with E-state index in [-0.39, 0.29) is 29.4 Å². The Morgan fingerprint density at radius 3 is 2.47 bits per heavy atom. The van der Waals surface area contributed by atoms with Crippen LogP contribution in [0.2, 0.25) is 5.02 Å². The van der Waals surface area contributed by atoms with Crippen molar-refractivity contribution in [2.75, 3.05) is 39.9 Å². The molecule has 1 aromatic rings. The molecule has 1 aromatic carbocycles. The molecule has 1 heterocycles. The Hall–Kier alpha value is -1.26. The van der Waals surface area contributed by atoms with Gasteiger partial charge in [-0.1, -0.05) is 23.7 Å². The van der Waals surface area contributed by atoms with E-state index in [4.69, 9.17) is 21.1 Å². The number of carbonyl (C=O) groups is 1. The highest BCUT2D eigenvalue weighted by Crippen LogP contribution is 2.35. The van der Waals surface area contributed by atoms with E-state index in [9.17, 15) is 4.79 Å². The molecule has 0 saturated carbocycles. The van der Waals surface area contributed by atoms with Crippen molar-refractivity contribution in [3.8, 4) is 0 Å². The molecule has 1 aliphatic rings. The Bertz CT molecular complexity index is 704. The number of benzene rings is 1.